The van der Waals surface area contributed by atoms with Crippen molar-refractivity contribution < 1.29 is 19.4 Å². The van der Waals surface area contributed by atoms with Gasteiger partial charge < -0.3 is 14.7 Å². The van der Waals surface area contributed by atoms with E-state index in [0.717, 1.165) is 6.42 Å². The van der Waals surface area contributed by atoms with E-state index in [1.165, 1.54) is 0 Å². The largest absolute Gasteiger partial charge is 0.481 e. The molecule has 0 aromatic heterocycles. The molecule has 1 aliphatic carbocycles. The van der Waals surface area contributed by atoms with Gasteiger partial charge in [-0.15, -0.1) is 0 Å². The van der Waals surface area contributed by atoms with E-state index in [-0.39, 0.29) is 23.8 Å². The van der Waals surface area contributed by atoms with Crippen molar-refractivity contribution in [2.45, 2.75) is 38.6 Å². The van der Waals surface area contributed by atoms with Crippen molar-refractivity contribution in [3.8, 4) is 0 Å². The molecule has 0 aromatic carbocycles. The van der Waals surface area contributed by atoms with Crippen molar-refractivity contribution >= 4 is 11.9 Å². The normalized spacial score (nSPS) is 32.5. The highest BCUT2D eigenvalue weighted by Crippen LogP contribution is 2.33. The first-order chi connectivity index (χ1) is 8.63. The van der Waals surface area contributed by atoms with Crippen LogP contribution in [0.15, 0.2) is 0 Å². The van der Waals surface area contributed by atoms with Gasteiger partial charge in [0.2, 0.25) is 5.91 Å². The predicted octanol–water partition coefficient (Wildman–Crippen LogP) is 1.12. The minimum Gasteiger partial charge on any atom is -0.481 e. The summed E-state index contributed by atoms with van der Waals surface area (Å²) in [6.45, 7) is 3.90. The van der Waals surface area contributed by atoms with Gasteiger partial charge in [0.25, 0.3) is 0 Å². The maximum atomic E-state index is 12.4. The SMILES string of the molecule is CCC1COCCN1C(=O)[C@@H]1CC[C@H](C(=O)O)C1. The minimum absolute atomic E-state index is 0.0988. The zero-order valence-electron chi connectivity index (χ0n) is 10.8. The Hall–Kier alpha value is -1.10. The number of ether oxygens (including phenoxy) is 1. The third-order valence-corrected chi connectivity index (χ3v) is 4.11. The van der Waals surface area contributed by atoms with Gasteiger partial charge in [0.15, 0.2) is 0 Å². The van der Waals surface area contributed by atoms with Gasteiger partial charge in [0.05, 0.1) is 25.2 Å². The molecular weight excluding hydrogens is 234 g/mol. The summed E-state index contributed by atoms with van der Waals surface area (Å²) in [5.41, 5.74) is 0. The second-order valence-electron chi connectivity index (χ2n) is 5.21. The van der Waals surface area contributed by atoms with Crippen LogP contribution in [0.4, 0.5) is 0 Å². The summed E-state index contributed by atoms with van der Waals surface area (Å²) < 4.78 is 5.39. The molecule has 1 heterocycles. The highest BCUT2D eigenvalue weighted by atomic mass is 16.5. The molecule has 1 saturated heterocycles. The Balaban J connectivity index is 1.96. The van der Waals surface area contributed by atoms with Crippen LogP contribution in [0.5, 0.6) is 0 Å². The lowest BCUT2D eigenvalue weighted by atomic mass is 10.0. The van der Waals surface area contributed by atoms with Crippen LogP contribution in [0.25, 0.3) is 0 Å². The number of aliphatic carboxylic acids is 1. The molecule has 1 unspecified atom stereocenters. The van der Waals surface area contributed by atoms with E-state index in [4.69, 9.17) is 9.84 Å². The molecule has 1 amide bonds. The Morgan fingerprint density at radius 1 is 1.33 bits per heavy atom. The van der Waals surface area contributed by atoms with Crippen LogP contribution in [-0.2, 0) is 14.3 Å². The van der Waals surface area contributed by atoms with E-state index in [2.05, 4.69) is 0 Å². The number of rotatable bonds is 3. The Morgan fingerprint density at radius 2 is 2.06 bits per heavy atom. The van der Waals surface area contributed by atoms with Gasteiger partial charge in [-0.2, -0.15) is 0 Å². The summed E-state index contributed by atoms with van der Waals surface area (Å²) in [5, 5.41) is 8.98. The average molecular weight is 255 g/mol. The Labute approximate surface area is 107 Å². The van der Waals surface area contributed by atoms with E-state index >= 15 is 0 Å². The van der Waals surface area contributed by atoms with Crippen molar-refractivity contribution in [3.05, 3.63) is 0 Å². The molecule has 1 aliphatic heterocycles. The Kier molecular flexibility index (Phi) is 4.22. The molecule has 18 heavy (non-hydrogen) atoms. The Morgan fingerprint density at radius 3 is 2.67 bits per heavy atom. The molecule has 0 bridgehead atoms. The fourth-order valence-electron chi connectivity index (χ4n) is 2.95. The first kappa shape index (κ1) is 13.3. The number of hydrogen-bond donors (Lipinski definition) is 1. The molecule has 2 fully saturated rings. The van der Waals surface area contributed by atoms with Crippen LogP contribution in [-0.4, -0.2) is 47.7 Å². The van der Waals surface area contributed by atoms with Gasteiger partial charge in [-0.25, -0.2) is 0 Å². The second kappa shape index (κ2) is 5.69. The standard InChI is InChI=1S/C13H21NO4/c1-2-11-8-18-6-5-14(11)12(15)9-3-4-10(7-9)13(16)17/h9-11H,2-8H2,1H3,(H,16,17)/t9-,10+,11?/m1/s1. The van der Waals surface area contributed by atoms with Crippen molar-refractivity contribution in [3.63, 3.8) is 0 Å². The molecule has 2 aliphatic rings. The molecule has 5 nitrogen and oxygen atoms in total. The number of carbonyl (C=O) groups is 2. The Bertz CT molecular complexity index is 331. The van der Waals surface area contributed by atoms with E-state index < -0.39 is 5.97 Å². The first-order valence-corrected chi connectivity index (χ1v) is 6.74. The molecular formula is C13H21NO4. The molecule has 2 rings (SSSR count). The summed E-state index contributed by atoms with van der Waals surface area (Å²) in [6, 6.07) is 0.162. The monoisotopic (exact) mass is 255 g/mol. The summed E-state index contributed by atoms with van der Waals surface area (Å²) in [7, 11) is 0. The summed E-state index contributed by atoms with van der Waals surface area (Å²) in [6.07, 6.45) is 2.74. The number of carbonyl (C=O) groups excluding carboxylic acids is 1. The van der Waals surface area contributed by atoms with Crippen molar-refractivity contribution in [2.75, 3.05) is 19.8 Å². The molecule has 0 aromatic rings. The summed E-state index contributed by atoms with van der Waals surface area (Å²) >= 11 is 0. The number of nitrogens with zero attached hydrogens (tertiary/aromatic N) is 1. The van der Waals surface area contributed by atoms with Crippen LogP contribution in [0.3, 0.4) is 0 Å². The molecule has 5 heteroatoms. The van der Waals surface area contributed by atoms with E-state index in [1.807, 2.05) is 11.8 Å². The molecule has 3 atom stereocenters. The molecule has 1 saturated carbocycles. The van der Waals surface area contributed by atoms with E-state index in [0.29, 0.717) is 39.0 Å². The highest BCUT2D eigenvalue weighted by molar-refractivity contribution is 5.81. The van der Waals surface area contributed by atoms with Crippen LogP contribution >= 0.6 is 0 Å². The fourth-order valence-corrected chi connectivity index (χ4v) is 2.95. The number of morpholine rings is 1. The van der Waals surface area contributed by atoms with Gasteiger partial charge in [-0.3, -0.25) is 9.59 Å². The molecule has 1 N–H and O–H groups in total. The number of amides is 1. The van der Waals surface area contributed by atoms with Gasteiger partial charge >= 0.3 is 5.97 Å². The van der Waals surface area contributed by atoms with Crippen LogP contribution in [0.2, 0.25) is 0 Å². The topological polar surface area (TPSA) is 66.8 Å². The lowest BCUT2D eigenvalue weighted by Gasteiger charge is -2.36. The lowest BCUT2D eigenvalue weighted by molar-refractivity contribution is -0.145. The van der Waals surface area contributed by atoms with Crippen LogP contribution in [0.1, 0.15) is 32.6 Å². The number of carboxylic acid groups (broad SMARTS) is 1. The summed E-state index contributed by atoms with van der Waals surface area (Å²) in [4.78, 5) is 25.2. The van der Waals surface area contributed by atoms with Crippen molar-refractivity contribution in [1.82, 2.24) is 4.90 Å². The van der Waals surface area contributed by atoms with E-state index in [1.54, 1.807) is 0 Å². The highest BCUT2D eigenvalue weighted by Gasteiger charge is 2.38. The van der Waals surface area contributed by atoms with Gasteiger partial charge in [0.1, 0.15) is 0 Å². The van der Waals surface area contributed by atoms with E-state index in [9.17, 15) is 9.59 Å². The summed E-state index contributed by atoms with van der Waals surface area (Å²) in [5.74, 6) is -1.06. The van der Waals surface area contributed by atoms with Crippen molar-refractivity contribution in [1.29, 1.82) is 0 Å². The maximum absolute atomic E-state index is 12.4. The quantitative estimate of drug-likeness (QED) is 0.820. The zero-order valence-corrected chi connectivity index (χ0v) is 10.8. The van der Waals surface area contributed by atoms with Crippen molar-refractivity contribution in [2.24, 2.45) is 11.8 Å². The van der Waals surface area contributed by atoms with Crippen LogP contribution in [0, 0.1) is 11.8 Å². The molecule has 0 radical (unpaired) electrons. The van der Waals surface area contributed by atoms with Gasteiger partial charge in [0, 0.05) is 12.5 Å². The van der Waals surface area contributed by atoms with Gasteiger partial charge in [-0.1, -0.05) is 6.92 Å². The fraction of sp³-hybridized carbons (Fsp3) is 0.846. The molecule has 102 valence electrons. The first-order valence-electron chi connectivity index (χ1n) is 6.74. The average Bonchev–Trinajstić information content (AvgIpc) is 2.87. The number of carboxylic acids is 1. The maximum Gasteiger partial charge on any atom is 0.306 e. The zero-order chi connectivity index (χ0) is 13.1. The minimum atomic E-state index is -0.765. The second-order valence-corrected chi connectivity index (χ2v) is 5.21. The molecule has 0 spiro atoms. The smallest absolute Gasteiger partial charge is 0.306 e. The predicted molar refractivity (Wildman–Crippen MR) is 65.1 cm³/mol. The third-order valence-electron chi connectivity index (χ3n) is 4.11. The van der Waals surface area contributed by atoms with Crippen LogP contribution < -0.4 is 0 Å². The lowest BCUT2D eigenvalue weighted by Crippen LogP contribution is -2.50. The van der Waals surface area contributed by atoms with Gasteiger partial charge in [-0.05, 0) is 25.7 Å². The number of hydrogen-bond acceptors (Lipinski definition) is 3. The third kappa shape index (κ3) is 2.66.